The Hall–Kier alpha value is -2.25. The lowest BCUT2D eigenvalue weighted by Crippen LogP contribution is -2.45. The highest BCUT2D eigenvalue weighted by molar-refractivity contribution is 5.39. The van der Waals surface area contributed by atoms with Crippen molar-refractivity contribution in [1.29, 1.82) is 0 Å². The molecular weight excluding hydrogens is 345 g/mol. The van der Waals surface area contributed by atoms with Gasteiger partial charge in [0, 0.05) is 24.2 Å². The number of piperidine rings is 1. The first-order valence-electron chi connectivity index (χ1n) is 8.52. The third-order valence-electron chi connectivity index (χ3n) is 4.46. The normalized spacial score (nSPS) is 20.7. The number of rotatable bonds is 5. The molecule has 2 unspecified atom stereocenters. The maximum absolute atomic E-state index is 12.4. The predicted octanol–water partition coefficient (Wildman–Crippen LogP) is 3.87. The summed E-state index contributed by atoms with van der Waals surface area (Å²) in [4.78, 5) is 0. The molecule has 3 N–H and O–H groups in total. The average molecular weight is 366 g/mol. The number of hydrogen-bond donors (Lipinski definition) is 3. The fourth-order valence-electron chi connectivity index (χ4n) is 3.26. The fraction of sp³-hybridized carbons (Fsp3) is 0.368. The van der Waals surface area contributed by atoms with Gasteiger partial charge in [-0.05, 0) is 43.1 Å². The molecule has 1 fully saturated rings. The van der Waals surface area contributed by atoms with Crippen molar-refractivity contribution in [3.63, 3.8) is 0 Å². The van der Waals surface area contributed by atoms with E-state index in [2.05, 4.69) is 15.4 Å². The van der Waals surface area contributed by atoms with Crippen LogP contribution in [0.4, 0.5) is 13.2 Å². The monoisotopic (exact) mass is 366 g/mol. The lowest BCUT2D eigenvalue weighted by Gasteiger charge is -2.34. The Morgan fingerprint density at radius 3 is 2.65 bits per heavy atom. The molecule has 140 valence electrons. The summed E-state index contributed by atoms with van der Waals surface area (Å²) in [6.45, 7) is 1.16. The van der Waals surface area contributed by atoms with Crippen LogP contribution in [-0.2, 0) is 6.54 Å². The summed E-state index contributed by atoms with van der Waals surface area (Å²) in [5, 5.41) is 16.8. The molecule has 1 aliphatic rings. The molecule has 0 aliphatic carbocycles. The first-order chi connectivity index (χ1) is 12.4. The topological polar surface area (TPSA) is 53.5 Å². The average Bonchev–Trinajstić information content (AvgIpc) is 2.62. The van der Waals surface area contributed by atoms with E-state index in [0.29, 0.717) is 5.56 Å². The Balaban J connectivity index is 1.70. The van der Waals surface area contributed by atoms with Gasteiger partial charge in [-0.3, -0.25) is 0 Å². The van der Waals surface area contributed by atoms with Crippen molar-refractivity contribution in [2.24, 2.45) is 0 Å². The van der Waals surface area contributed by atoms with E-state index in [-0.39, 0.29) is 30.1 Å². The van der Waals surface area contributed by atoms with Crippen molar-refractivity contribution >= 4 is 0 Å². The zero-order valence-electron chi connectivity index (χ0n) is 14.1. The van der Waals surface area contributed by atoms with Gasteiger partial charge in [0.1, 0.15) is 11.5 Å². The Morgan fingerprint density at radius 2 is 1.92 bits per heavy atom. The maximum atomic E-state index is 12.4. The van der Waals surface area contributed by atoms with E-state index < -0.39 is 6.36 Å². The second kappa shape index (κ2) is 7.97. The van der Waals surface area contributed by atoms with Crippen LogP contribution >= 0.6 is 0 Å². The number of phenolic OH excluding ortho intramolecular Hbond substituents is 1. The SMILES string of the molecule is Oc1ccc(OC(F)(F)F)cc1CNC1CCCNC1c1ccccc1. The van der Waals surface area contributed by atoms with Gasteiger partial charge in [0.2, 0.25) is 0 Å². The summed E-state index contributed by atoms with van der Waals surface area (Å²) < 4.78 is 41.1. The van der Waals surface area contributed by atoms with Crippen LogP contribution in [0, 0.1) is 0 Å². The third-order valence-corrected chi connectivity index (χ3v) is 4.46. The van der Waals surface area contributed by atoms with E-state index in [1.165, 1.54) is 12.1 Å². The molecular formula is C19H21F3N2O2. The van der Waals surface area contributed by atoms with Crippen molar-refractivity contribution < 1.29 is 23.0 Å². The second-order valence-corrected chi connectivity index (χ2v) is 6.31. The summed E-state index contributed by atoms with van der Waals surface area (Å²) >= 11 is 0. The maximum Gasteiger partial charge on any atom is 0.573 e. The minimum atomic E-state index is -4.76. The van der Waals surface area contributed by atoms with Crippen molar-refractivity contribution in [1.82, 2.24) is 10.6 Å². The van der Waals surface area contributed by atoms with E-state index in [0.717, 1.165) is 31.0 Å². The number of alkyl halides is 3. The molecule has 1 aliphatic heterocycles. The molecule has 3 rings (SSSR count). The van der Waals surface area contributed by atoms with Gasteiger partial charge in [-0.1, -0.05) is 30.3 Å². The van der Waals surface area contributed by atoms with Gasteiger partial charge in [0.25, 0.3) is 0 Å². The van der Waals surface area contributed by atoms with Crippen LogP contribution in [0.15, 0.2) is 48.5 Å². The zero-order valence-corrected chi connectivity index (χ0v) is 14.1. The van der Waals surface area contributed by atoms with E-state index in [4.69, 9.17) is 0 Å². The van der Waals surface area contributed by atoms with Crippen molar-refractivity contribution in [3.05, 3.63) is 59.7 Å². The fourth-order valence-corrected chi connectivity index (χ4v) is 3.26. The number of aromatic hydroxyl groups is 1. The van der Waals surface area contributed by atoms with Gasteiger partial charge in [-0.25, -0.2) is 0 Å². The van der Waals surface area contributed by atoms with Gasteiger partial charge in [0.05, 0.1) is 0 Å². The highest BCUT2D eigenvalue weighted by Gasteiger charge is 2.31. The van der Waals surface area contributed by atoms with Crippen LogP contribution < -0.4 is 15.4 Å². The predicted molar refractivity (Wildman–Crippen MR) is 91.8 cm³/mol. The molecule has 7 heteroatoms. The van der Waals surface area contributed by atoms with E-state index >= 15 is 0 Å². The molecule has 2 aromatic carbocycles. The van der Waals surface area contributed by atoms with Gasteiger partial charge >= 0.3 is 6.36 Å². The largest absolute Gasteiger partial charge is 0.573 e. The van der Waals surface area contributed by atoms with Crippen molar-refractivity contribution in [2.45, 2.75) is 37.8 Å². The van der Waals surface area contributed by atoms with Crippen LogP contribution in [-0.4, -0.2) is 24.1 Å². The van der Waals surface area contributed by atoms with Crippen molar-refractivity contribution in [3.8, 4) is 11.5 Å². The summed E-state index contributed by atoms with van der Waals surface area (Å²) in [5.74, 6) is -0.402. The smallest absolute Gasteiger partial charge is 0.508 e. The molecule has 0 aromatic heterocycles. The Kier molecular flexibility index (Phi) is 5.68. The van der Waals surface area contributed by atoms with Crippen LogP contribution in [0.2, 0.25) is 0 Å². The summed E-state index contributed by atoms with van der Waals surface area (Å²) in [6.07, 6.45) is -2.82. The van der Waals surface area contributed by atoms with Gasteiger partial charge in [-0.15, -0.1) is 13.2 Å². The Bertz CT molecular complexity index is 722. The molecule has 4 nitrogen and oxygen atoms in total. The number of halogens is 3. The molecule has 0 spiro atoms. The van der Waals surface area contributed by atoms with Gasteiger partial charge < -0.3 is 20.5 Å². The molecule has 2 atom stereocenters. The molecule has 1 saturated heterocycles. The standard InChI is InChI=1S/C19H21F3N2O2/c20-19(21,22)26-15-8-9-17(25)14(11-15)12-24-16-7-4-10-23-18(16)13-5-2-1-3-6-13/h1-3,5-6,8-9,11,16,18,23-25H,4,7,10,12H2. The lowest BCUT2D eigenvalue weighted by molar-refractivity contribution is -0.274. The van der Waals surface area contributed by atoms with Gasteiger partial charge in [0.15, 0.2) is 0 Å². The van der Waals surface area contributed by atoms with Gasteiger partial charge in [-0.2, -0.15) is 0 Å². The minimum absolute atomic E-state index is 0.0629. The molecule has 0 radical (unpaired) electrons. The summed E-state index contributed by atoms with van der Waals surface area (Å²) in [5.41, 5.74) is 1.52. The highest BCUT2D eigenvalue weighted by Crippen LogP contribution is 2.29. The first kappa shape index (κ1) is 18.5. The quantitative estimate of drug-likeness (QED) is 0.752. The summed E-state index contributed by atoms with van der Waals surface area (Å²) in [6, 6.07) is 13.8. The number of phenols is 1. The van der Waals surface area contributed by atoms with Crippen LogP contribution in [0.1, 0.15) is 30.0 Å². The van der Waals surface area contributed by atoms with Crippen LogP contribution in [0.5, 0.6) is 11.5 Å². The number of benzene rings is 2. The minimum Gasteiger partial charge on any atom is -0.508 e. The number of nitrogens with one attached hydrogen (secondary N) is 2. The molecule has 0 saturated carbocycles. The molecule has 1 heterocycles. The highest BCUT2D eigenvalue weighted by atomic mass is 19.4. The molecule has 2 aromatic rings. The Morgan fingerprint density at radius 1 is 1.15 bits per heavy atom. The molecule has 0 amide bonds. The number of ether oxygens (including phenoxy) is 1. The lowest BCUT2D eigenvalue weighted by atomic mass is 9.92. The van der Waals surface area contributed by atoms with Crippen LogP contribution in [0.3, 0.4) is 0 Å². The molecule has 26 heavy (non-hydrogen) atoms. The van der Waals surface area contributed by atoms with Crippen molar-refractivity contribution in [2.75, 3.05) is 6.54 Å². The van der Waals surface area contributed by atoms with E-state index in [9.17, 15) is 18.3 Å². The first-order valence-corrected chi connectivity index (χ1v) is 8.52. The van der Waals surface area contributed by atoms with E-state index in [1.807, 2.05) is 30.3 Å². The van der Waals surface area contributed by atoms with Crippen LogP contribution in [0.25, 0.3) is 0 Å². The third kappa shape index (κ3) is 4.89. The zero-order chi connectivity index (χ0) is 18.6. The number of hydrogen-bond acceptors (Lipinski definition) is 4. The Labute approximate surface area is 150 Å². The second-order valence-electron chi connectivity index (χ2n) is 6.31. The molecule has 0 bridgehead atoms. The summed E-state index contributed by atoms with van der Waals surface area (Å²) in [7, 11) is 0. The van der Waals surface area contributed by atoms with E-state index in [1.54, 1.807) is 0 Å².